The van der Waals surface area contributed by atoms with Gasteiger partial charge in [0.05, 0.1) is 6.10 Å². The third-order valence-electron chi connectivity index (χ3n) is 4.21. The monoisotopic (exact) mass is 290 g/mol. The molecule has 0 saturated carbocycles. The Balaban J connectivity index is 0.00000180. The van der Waals surface area contributed by atoms with Crippen molar-refractivity contribution in [3.05, 3.63) is 0 Å². The summed E-state index contributed by atoms with van der Waals surface area (Å²) in [5, 5.41) is 3.29. The van der Waals surface area contributed by atoms with Crippen molar-refractivity contribution in [1.29, 1.82) is 0 Å². The lowest BCUT2D eigenvalue weighted by molar-refractivity contribution is -0.133. The zero-order valence-electron chi connectivity index (χ0n) is 11.9. The number of halogens is 1. The molecule has 5 heteroatoms. The molecule has 1 atom stereocenters. The quantitative estimate of drug-likeness (QED) is 0.861. The summed E-state index contributed by atoms with van der Waals surface area (Å²) in [5.74, 6) is 0.318. The van der Waals surface area contributed by atoms with Crippen molar-refractivity contribution in [3.8, 4) is 0 Å². The molecule has 0 aromatic rings. The van der Waals surface area contributed by atoms with Gasteiger partial charge in [-0.15, -0.1) is 12.4 Å². The Hall–Kier alpha value is -0.320. The van der Waals surface area contributed by atoms with Gasteiger partial charge in [-0.25, -0.2) is 0 Å². The zero-order valence-corrected chi connectivity index (χ0v) is 12.7. The fourth-order valence-corrected chi connectivity index (χ4v) is 2.90. The molecule has 112 valence electrons. The van der Waals surface area contributed by atoms with Crippen LogP contribution in [0, 0.1) is 0 Å². The summed E-state index contributed by atoms with van der Waals surface area (Å²) in [6.45, 7) is 2.71. The molecule has 1 N–H and O–H groups in total. The van der Waals surface area contributed by atoms with Gasteiger partial charge in [-0.3, -0.25) is 4.79 Å². The highest BCUT2D eigenvalue weighted by Crippen LogP contribution is 2.18. The third-order valence-corrected chi connectivity index (χ3v) is 4.21. The number of piperidine rings is 1. The van der Waals surface area contributed by atoms with Crippen LogP contribution < -0.4 is 5.32 Å². The summed E-state index contributed by atoms with van der Waals surface area (Å²) in [5.41, 5.74) is 0. The Kier molecular flexibility index (Phi) is 7.73. The topological polar surface area (TPSA) is 41.6 Å². The highest BCUT2D eigenvalue weighted by Gasteiger charge is 2.22. The number of rotatable bonds is 4. The Morgan fingerprint density at radius 1 is 1.26 bits per heavy atom. The molecule has 2 heterocycles. The summed E-state index contributed by atoms with van der Waals surface area (Å²) >= 11 is 0. The number of hydrogen-bond acceptors (Lipinski definition) is 3. The Labute approximate surface area is 122 Å². The van der Waals surface area contributed by atoms with Crippen LogP contribution >= 0.6 is 12.4 Å². The molecule has 4 nitrogen and oxygen atoms in total. The highest BCUT2D eigenvalue weighted by molar-refractivity contribution is 5.85. The lowest BCUT2D eigenvalue weighted by Crippen LogP contribution is -2.44. The molecule has 0 bridgehead atoms. The number of ether oxygens (including phenoxy) is 1. The number of hydrogen-bond donors (Lipinski definition) is 1. The number of nitrogens with zero attached hydrogens (tertiary/aromatic N) is 1. The summed E-state index contributed by atoms with van der Waals surface area (Å²) in [6.07, 6.45) is 7.64. The van der Waals surface area contributed by atoms with Crippen LogP contribution in [0.4, 0.5) is 0 Å². The molecule has 19 heavy (non-hydrogen) atoms. The summed E-state index contributed by atoms with van der Waals surface area (Å²) in [7, 11) is 2.00. The number of nitrogens with one attached hydrogen (secondary N) is 1. The van der Waals surface area contributed by atoms with Gasteiger partial charge in [-0.2, -0.15) is 0 Å². The minimum Gasteiger partial charge on any atom is -0.378 e. The number of carbonyl (C=O) groups excluding carboxylic acids is 1. The molecule has 0 aromatic carbocycles. The average Bonchev–Trinajstić information content (AvgIpc) is 2.46. The number of carbonyl (C=O) groups is 1. The largest absolute Gasteiger partial charge is 0.378 e. The van der Waals surface area contributed by atoms with Crippen LogP contribution in [-0.4, -0.2) is 49.7 Å². The lowest BCUT2D eigenvalue weighted by atomic mass is 10.0. The van der Waals surface area contributed by atoms with E-state index in [0.29, 0.717) is 24.5 Å². The van der Waals surface area contributed by atoms with Crippen molar-refractivity contribution in [2.45, 2.75) is 57.1 Å². The van der Waals surface area contributed by atoms with E-state index in [9.17, 15) is 4.79 Å². The van der Waals surface area contributed by atoms with E-state index in [4.69, 9.17) is 4.74 Å². The van der Waals surface area contributed by atoms with Gasteiger partial charge in [0, 0.05) is 32.2 Å². The van der Waals surface area contributed by atoms with Crippen molar-refractivity contribution in [3.63, 3.8) is 0 Å². The summed E-state index contributed by atoms with van der Waals surface area (Å²) < 4.78 is 5.67. The molecule has 2 rings (SSSR count). The van der Waals surface area contributed by atoms with Crippen molar-refractivity contribution in [1.82, 2.24) is 10.2 Å². The number of amides is 1. The van der Waals surface area contributed by atoms with E-state index >= 15 is 0 Å². The molecule has 0 radical (unpaired) electrons. The first kappa shape index (κ1) is 16.7. The maximum atomic E-state index is 12.1. The van der Waals surface area contributed by atoms with E-state index in [1.54, 1.807) is 0 Å². The zero-order chi connectivity index (χ0) is 12.8. The maximum Gasteiger partial charge on any atom is 0.222 e. The normalized spacial score (nSPS) is 24.9. The van der Waals surface area contributed by atoms with Gasteiger partial charge in [0.2, 0.25) is 5.91 Å². The number of likely N-dealkylation sites (tertiary alicyclic amines) is 1. The second-order valence-electron chi connectivity index (χ2n) is 5.47. The molecular weight excluding hydrogens is 264 g/mol. The predicted molar refractivity (Wildman–Crippen MR) is 78.7 cm³/mol. The van der Waals surface area contributed by atoms with Crippen LogP contribution in [0.2, 0.25) is 0 Å². The van der Waals surface area contributed by atoms with Gasteiger partial charge >= 0.3 is 0 Å². The first-order valence-electron chi connectivity index (χ1n) is 7.36. The van der Waals surface area contributed by atoms with Gasteiger partial charge in [0.25, 0.3) is 0 Å². The molecule has 0 aromatic heterocycles. The standard InChI is InChI=1S/C14H26N2O2.ClH/c1-15-12-7-9-16(10-8-12)14(17)6-5-13-4-2-3-11-18-13;/h12-13,15H,2-11H2,1H3;1H. The Morgan fingerprint density at radius 3 is 2.58 bits per heavy atom. The fraction of sp³-hybridized carbons (Fsp3) is 0.929. The van der Waals surface area contributed by atoms with Gasteiger partial charge in [0.15, 0.2) is 0 Å². The fourth-order valence-electron chi connectivity index (χ4n) is 2.90. The molecule has 1 unspecified atom stereocenters. The Bertz CT molecular complexity index is 262. The molecule has 2 fully saturated rings. The molecule has 0 aliphatic carbocycles. The second-order valence-corrected chi connectivity index (χ2v) is 5.47. The van der Waals surface area contributed by atoms with Crippen molar-refractivity contribution >= 4 is 18.3 Å². The van der Waals surface area contributed by atoms with Crippen molar-refractivity contribution < 1.29 is 9.53 Å². The van der Waals surface area contributed by atoms with E-state index in [1.165, 1.54) is 12.8 Å². The highest BCUT2D eigenvalue weighted by atomic mass is 35.5. The second kappa shape index (κ2) is 8.77. The third kappa shape index (κ3) is 5.28. The van der Waals surface area contributed by atoms with Crippen LogP contribution in [0.25, 0.3) is 0 Å². The molecule has 2 aliphatic heterocycles. The molecule has 1 amide bonds. The molecular formula is C14H27ClN2O2. The van der Waals surface area contributed by atoms with E-state index in [2.05, 4.69) is 5.32 Å². The van der Waals surface area contributed by atoms with E-state index < -0.39 is 0 Å². The van der Waals surface area contributed by atoms with E-state index in [1.807, 2.05) is 11.9 Å². The first-order chi connectivity index (χ1) is 8.79. The van der Waals surface area contributed by atoms with Crippen LogP contribution in [0.1, 0.15) is 44.9 Å². The minimum atomic E-state index is 0. The predicted octanol–water partition coefficient (Wildman–Crippen LogP) is 1.97. The Morgan fingerprint density at radius 2 is 2.00 bits per heavy atom. The van der Waals surface area contributed by atoms with Gasteiger partial charge < -0.3 is 15.0 Å². The smallest absolute Gasteiger partial charge is 0.222 e. The maximum absolute atomic E-state index is 12.1. The van der Waals surface area contributed by atoms with Crippen LogP contribution in [0.15, 0.2) is 0 Å². The lowest BCUT2D eigenvalue weighted by Gasteiger charge is -2.32. The van der Waals surface area contributed by atoms with Crippen LogP contribution in [0.5, 0.6) is 0 Å². The van der Waals surface area contributed by atoms with Crippen LogP contribution in [-0.2, 0) is 9.53 Å². The van der Waals surface area contributed by atoms with Gasteiger partial charge in [-0.1, -0.05) is 0 Å². The first-order valence-corrected chi connectivity index (χ1v) is 7.36. The van der Waals surface area contributed by atoms with E-state index in [0.717, 1.165) is 45.4 Å². The average molecular weight is 291 g/mol. The summed E-state index contributed by atoms with van der Waals surface area (Å²) in [4.78, 5) is 14.1. The molecule has 0 spiro atoms. The van der Waals surface area contributed by atoms with Crippen molar-refractivity contribution in [2.75, 3.05) is 26.7 Å². The van der Waals surface area contributed by atoms with Gasteiger partial charge in [-0.05, 0) is 45.6 Å². The van der Waals surface area contributed by atoms with E-state index in [-0.39, 0.29) is 12.4 Å². The van der Waals surface area contributed by atoms with Gasteiger partial charge in [0.1, 0.15) is 0 Å². The summed E-state index contributed by atoms with van der Waals surface area (Å²) in [6, 6.07) is 0.593. The van der Waals surface area contributed by atoms with Crippen LogP contribution in [0.3, 0.4) is 0 Å². The molecule has 2 aliphatic rings. The SMILES string of the molecule is CNC1CCN(C(=O)CCC2CCCCO2)CC1.Cl. The van der Waals surface area contributed by atoms with Crippen molar-refractivity contribution in [2.24, 2.45) is 0 Å². The molecule has 2 saturated heterocycles. The minimum absolute atomic E-state index is 0.